The third-order valence-electron chi connectivity index (χ3n) is 4.67. The lowest BCUT2D eigenvalue weighted by Gasteiger charge is -2.27. The van der Waals surface area contributed by atoms with Crippen molar-refractivity contribution < 1.29 is 23.0 Å². The van der Waals surface area contributed by atoms with Crippen molar-refractivity contribution >= 4 is 17.5 Å². The highest BCUT2D eigenvalue weighted by Gasteiger charge is 2.51. The average Bonchev–Trinajstić information content (AvgIpc) is 3.05. The molecule has 0 fully saturated rings. The number of rotatable bonds is 5. The molecule has 0 radical (unpaired) electrons. The Bertz CT molecular complexity index is 1070. The van der Waals surface area contributed by atoms with E-state index in [1.807, 2.05) is 6.92 Å². The lowest BCUT2D eigenvalue weighted by molar-refractivity contribution is -0.258. The van der Waals surface area contributed by atoms with Gasteiger partial charge < -0.3 is 15.6 Å². The van der Waals surface area contributed by atoms with Gasteiger partial charge in [0.05, 0.1) is 30.5 Å². The van der Waals surface area contributed by atoms with Crippen molar-refractivity contribution in [3.05, 3.63) is 53.7 Å². The molecule has 2 aromatic heterocycles. The van der Waals surface area contributed by atoms with Gasteiger partial charge in [0.2, 0.25) is 0 Å². The van der Waals surface area contributed by atoms with Crippen LogP contribution >= 0.6 is 0 Å². The molecule has 0 saturated carbocycles. The summed E-state index contributed by atoms with van der Waals surface area (Å²) >= 11 is 0. The van der Waals surface area contributed by atoms with Crippen molar-refractivity contribution in [2.75, 3.05) is 12.3 Å². The van der Waals surface area contributed by atoms with Crippen LogP contribution in [0.1, 0.15) is 30.7 Å². The monoisotopic (exact) mass is 406 g/mol. The van der Waals surface area contributed by atoms with Crippen LogP contribution in [0.5, 0.6) is 0 Å². The van der Waals surface area contributed by atoms with Gasteiger partial charge in [0, 0.05) is 11.8 Å². The molecule has 3 rings (SSSR count). The van der Waals surface area contributed by atoms with Crippen LogP contribution in [0, 0.1) is 6.92 Å². The number of nitrogens with two attached hydrogens (primary N) is 1. The van der Waals surface area contributed by atoms with Crippen LogP contribution in [0.3, 0.4) is 0 Å². The molecule has 3 aromatic rings. The van der Waals surface area contributed by atoms with E-state index in [-0.39, 0.29) is 11.4 Å². The Hall–Kier alpha value is -3.07. The van der Waals surface area contributed by atoms with E-state index in [0.717, 1.165) is 12.5 Å². The fourth-order valence-electron chi connectivity index (χ4n) is 2.89. The van der Waals surface area contributed by atoms with E-state index < -0.39 is 11.8 Å². The third kappa shape index (κ3) is 3.77. The van der Waals surface area contributed by atoms with Crippen molar-refractivity contribution in [1.82, 2.24) is 14.4 Å². The van der Waals surface area contributed by atoms with Gasteiger partial charge in [-0.3, -0.25) is 4.40 Å². The number of benzene rings is 1. The second-order valence-corrected chi connectivity index (χ2v) is 6.75. The molecular weight excluding hydrogens is 385 g/mol. The Morgan fingerprint density at radius 2 is 2.03 bits per heavy atom. The Balaban J connectivity index is 2.17. The van der Waals surface area contributed by atoms with Crippen molar-refractivity contribution in [1.29, 1.82) is 0 Å². The number of ether oxygens (including phenoxy) is 1. The minimum atomic E-state index is -4.81. The average molecular weight is 406 g/mol. The van der Waals surface area contributed by atoms with Crippen LogP contribution in [0.25, 0.3) is 23.0 Å². The van der Waals surface area contributed by atoms with Crippen molar-refractivity contribution in [2.45, 2.75) is 32.5 Å². The van der Waals surface area contributed by atoms with Gasteiger partial charge >= 0.3 is 6.18 Å². The summed E-state index contributed by atoms with van der Waals surface area (Å²) in [6.45, 7) is 4.83. The molecule has 0 aliphatic rings. The van der Waals surface area contributed by atoms with E-state index >= 15 is 0 Å². The number of imidazole rings is 1. The number of alkyl halides is 3. The number of aromatic nitrogens is 3. The van der Waals surface area contributed by atoms with Crippen LogP contribution in [0.4, 0.5) is 19.0 Å². The first-order valence-electron chi connectivity index (χ1n) is 8.88. The number of nitrogen functional groups attached to an aromatic ring is 1. The molecule has 3 N–H and O–H groups in total. The van der Waals surface area contributed by atoms with Crippen LogP contribution in [-0.4, -0.2) is 32.3 Å². The van der Waals surface area contributed by atoms with Crippen LogP contribution in [0.15, 0.2) is 36.9 Å². The topological polar surface area (TPSA) is 85.7 Å². The van der Waals surface area contributed by atoms with Crippen LogP contribution in [0.2, 0.25) is 0 Å². The second kappa shape index (κ2) is 7.40. The molecule has 0 spiro atoms. The van der Waals surface area contributed by atoms with Gasteiger partial charge in [0.25, 0.3) is 0 Å². The number of aryl methyl sites for hydroxylation is 1. The van der Waals surface area contributed by atoms with E-state index in [4.69, 9.17) is 10.5 Å². The predicted molar refractivity (Wildman–Crippen MR) is 104 cm³/mol. The van der Waals surface area contributed by atoms with Gasteiger partial charge in [-0.25, -0.2) is 9.97 Å². The first-order chi connectivity index (χ1) is 13.6. The summed E-state index contributed by atoms with van der Waals surface area (Å²) in [5.74, 6) is 0.172. The molecule has 154 valence electrons. The number of halogens is 3. The highest BCUT2D eigenvalue weighted by molar-refractivity contribution is 5.73. The summed E-state index contributed by atoms with van der Waals surface area (Å²) < 4.78 is 46.7. The zero-order valence-corrected chi connectivity index (χ0v) is 16.2. The summed E-state index contributed by atoms with van der Waals surface area (Å²) in [4.78, 5) is 8.48. The standard InChI is InChI=1S/C20H21F3N4O2/c1-4-29-8-7-14-11-27-16(10-25-18(27)17(24)26-14)15-9-13(6-5-12(15)2)19(3,28)20(21,22)23/h5-11,28H,4H2,1-3H3,(H2,24,26). The molecule has 0 bridgehead atoms. The number of hydrogen-bond acceptors (Lipinski definition) is 5. The molecule has 0 aliphatic heterocycles. The maximum absolute atomic E-state index is 13.3. The normalized spacial score (nSPS) is 14.4. The van der Waals surface area contributed by atoms with E-state index in [1.165, 1.54) is 30.7 Å². The molecule has 6 nitrogen and oxygen atoms in total. The van der Waals surface area contributed by atoms with Gasteiger partial charge in [-0.1, -0.05) is 12.1 Å². The van der Waals surface area contributed by atoms with E-state index in [1.54, 1.807) is 23.6 Å². The minimum Gasteiger partial charge on any atom is -0.501 e. The zero-order chi connectivity index (χ0) is 21.4. The quantitative estimate of drug-likeness (QED) is 0.624. The molecular formula is C20H21F3N4O2. The SMILES string of the molecule is CCOC=Cc1cn2c(-c3cc(C(C)(O)C(F)(F)F)ccc3C)cnc2c(N)n1. The highest BCUT2D eigenvalue weighted by atomic mass is 19.4. The number of nitrogens with zero attached hydrogens (tertiary/aromatic N) is 3. The van der Waals surface area contributed by atoms with Crippen LogP contribution in [-0.2, 0) is 10.3 Å². The summed E-state index contributed by atoms with van der Waals surface area (Å²) in [5, 5.41) is 10.1. The summed E-state index contributed by atoms with van der Waals surface area (Å²) in [5.41, 5.74) is 5.35. The maximum atomic E-state index is 13.3. The van der Waals surface area contributed by atoms with Gasteiger partial charge in [0.15, 0.2) is 17.1 Å². The molecule has 1 atom stereocenters. The molecule has 1 unspecified atom stereocenters. The first-order valence-corrected chi connectivity index (χ1v) is 8.88. The van der Waals surface area contributed by atoms with Gasteiger partial charge in [-0.15, -0.1) is 0 Å². The lowest BCUT2D eigenvalue weighted by atomic mass is 9.91. The summed E-state index contributed by atoms with van der Waals surface area (Å²) in [7, 11) is 0. The largest absolute Gasteiger partial charge is 0.501 e. The molecule has 29 heavy (non-hydrogen) atoms. The first kappa shape index (κ1) is 20.7. The molecule has 9 heteroatoms. The Morgan fingerprint density at radius 3 is 2.69 bits per heavy atom. The zero-order valence-electron chi connectivity index (χ0n) is 16.2. The van der Waals surface area contributed by atoms with Crippen molar-refractivity contribution in [3.8, 4) is 11.3 Å². The number of aliphatic hydroxyl groups is 1. The number of hydrogen-bond donors (Lipinski definition) is 2. The Morgan fingerprint density at radius 1 is 1.31 bits per heavy atom. The fourth-order valence-corrected chi connectivity index (χ4v) is 2.89. The lowest BCUT2D eigenvalue weighted by Crippen LogP contribution is -2.39. The molecule has 0 aliphatic carbocycles. The van der Waals surface area contributed by atoms with Crippen LogP contribution < -0.4 is 5.73 Å². The molecule has 0 amide bonds. The van der Waals surface area contributed by atoms with Gasteiger partial charge in [-0.2, -0.15) is 13.2 Å². The van der Waals surface area contributed by atoms with Gasteiger partial charge in [-0.05, 0) is 44.0 Å². The van der Waals surface area contributed by atoms with Crippen molar-refractivity contribution in [2.24, 2.45) is 0 Å². The smallest absolute Gasteiger partial charge is 0.421 e. The maximum Gasteiger partial charge on any atom is 0.421 e. The number of anilines is 1. The third-order valence-corrected chi connectivity index (χ3v) is 4.67. The predicted octanol–water partition coefficient (Wildman–Crippen LogP) is 4.06. The fraction of sp³-hybridized carbons (Fsp3) is 0.300. The van der Waals surface area contributed by atoms with E-state index in [2.05, 4.69) is 9.97 Å². The molecule has 0 saturated heterocycles. The Kier molecular flexibility index (Phi) is 5.27. The summed E-state index contributed by atoms with van der Waals surface area (Å²) in [6, 6.07) is 4.12. The van der Waals surface area contributed by atoms with E-state index in [0.29, 0.717) is 29.2 Å². The molecule has 1 aromatic carbocycles. The van der Waals surface area contributed by atoms with E-state index in [9.17, 15) is 18.3 Å². The Labute approximate surface area is 165 Å². The minimum absolute atomic E-state index is 0.172. The number of fused-ring (bicyclic) bond motifs is 1. The second-order valence-electron chi connectivity index (χ2n) is 6.75. The van der Waals surface area contributed by atoms with Crippen molar-refractivity contribution in [3.63, 3.8) is 0 Å². The van der Waals surface area contributed by atoms with Gasteiger partial charge in [0.1, 0.15) is 0 Å². The summed E-state index contributed by atoms with van der Waals surface area (Å²) in [6.07, 6.45) is 1.47. The molecule has 2 heterocycles. The highest BCUT2D eigenvalue weighted by Crippen LogP contribution is 2.40.